The van der Waals surface area contributed by atoms with E-state index in [9.17, 15) is 17.8 Å². The molecule has 3 rings (SSSR count). The number of hydrogen-bond donors (Lipinski definition) is 2. The van der Waals surface area contributed by atoms with Crippen LogP contribution in [0.4, 0.5) is 25.8 Å². The number of hydrogen-bond acceptors (Lipinski definition) is 4. The summed E-state index contributed by atoms with van der Waals surface area (Å²) in [4.78, 5) is 16.7. The highest BCUT2D eigenvalue weighted by atomic mass is 35.5. The molecule has 2 aromatic carbocycles. The van der Waals surface area contributed by atoms with Crippen LogP contribution in [0.1, 0.15) is 12.0 Å². The van der Waals surface area contributed by atoms with Crippen molar-refractivity contribution in [1.82, 2.24) is 9.55 Å². The maximum Gasteiger partial charge on any atom is 0.261 e. The van der Waals surface area contributed by atoms with Gasteiger partial charge >= 0.3 is 0 Å². The lowest BCUT2D eigenvalue weighted by Gasteiger charge is -2.16. The van der Waals surface area contributed by atoms with Crippen LogP contribution in [0, 0.1) is 12.7 Å². The fourth-order valence-corrected chi connectivity index (χ4v) is 3.99. The molecule has 3 aromatic rings. The van der Waals surface area contributed by atoms with Gasteiger partial charge in [-0.15, -0.1) is 0 Å². The second kappa shape index (κ2) is 8.87. The molecule has 0 fully saturated rings. The van der Waals surface area contributed by atoms with Gasteiger partial charge in [-0.2, -0.15) is 0 Å². The first kappa shape index (κ1) is 21.2. The molecule has 1 heterocycles. The van der Waals surface area contributed by atoms with Gasteiger partial charge in [0.25, 0.3) is 5.56 Å². The second-order valence-electron chi connectivity index (χ2n) is 6.43. The average molecular weight is 441 g/mol. The topological polar surface area (TPSA) is 76.0 Å². The van der Waals surface area contributed by atoms with Gasteiger partial charge in [-0.05, 0) is 43.2 Å². The maximum absolute atomic E-state index is 14.1. The van der Waals surface area contributed by atoms with Crippen LogP contribution in [0.5, 0.6) is 0 Å². The average Bonchev–Trinajstić information content (AvgIpc) is 2.68. The van der Waals surface area contributed by atoms with E-state index < -0.39 is 23.5 Å². The van der Waals surface area contributed by atoms with Gasteiger partial charge in [0.15, 0.2) is 0 Å². The van der Waals surface area contributed by atoms with Crippen LogP contribution >= 0.6 is 11.6 Å². The molecule has 0 aliphatic heterocycles. The van der Waals surface area contributed by atoms with Gasteiger partial charge in [-0.1, -0.05) is 11.6 Å². The van der Waals surface area contributed by atoms with Crippen LogP contribution in [-0.4, -0.2) is 26.2 Å². The van der Waals surface area contributed by atoms with E-state index >= 15 is 0 Å². The number of fused-ring (bicyclic) bond motifs is 1. The van der Waals surface area contributed by atoms with E-state index in [2.05, 4.69) is 15.0 Å². The third-order valence-electron chi connectivity index (χ3n) is 4.34. The van der Waals surface area contributed by atoms with Crippen LogP contribution in [0.15, 0.2) is 35.4 Å². The van der Waals surface area contributed by atoms with E-state index in [0.717, 1.165) is 6.07 Å². The van der Waals surface area contributed by atoms with E-state index in [1.165, 1.54) is 17.0 Å². The van der Waals surface area contributed by atoms with Gasteiger partial charge in [0.2, 0.25) is 0 Å². The van der Waals surface area contributed by atoms with Crippen molar-refractivity contribution in [3.05, 3.63) is 57.3 Å². The number of nitrogens with zero attached hydrogens (tertiary/aromatic N) is 2. The van der Waals surface area contributed by atoms with Crippen LogP contribution in [0.25, 0.3) is 10.9 Å². The molecule has 1 unspecified atom stereocenters. The number of aromatic nitrogens is 2. The Bertz CT molecular complexity index is 1150. The highest BCUT2D eigenvalue weighted by Crippen LogP contribution is 2.35. The quantitative estimate of drug-likeness (QED) is 0.577. The van der Waals surface area contributed by atoms with Gasteiger partial charge in [0, 0.05) is 18.5 Å². The highest BCUT2D eigenvalue weighted by molar-refractivity contribution is 7.86. The third kappa shape index (κ3) is 4.56. The Morgan fingerprint density at radius 1 is 1.24 bits per heavy atom. The smallest absolute Gasteiger partial charge is 0.261 e. The lowest BCUT2D eigenvalue weighted by molar-refractivity contribution is 0.488. The van der Waals surface area contributed by atoms with Crippen LogP contribution in [-0.2, 0) is 18.0 Å². The zero-order valence-electron chi connectivity index (χ0n) is 15.8. The van der Waals surface area contributed by atoms with Gasteiger partial charge < -0.3 is 14.6 Å². The first-order valence-electron chi connectivity index (χ1n) is 8.74. The minimum absolute atomic E-state index is 0.0756. The Morgan fingerprint density at radius 3 is 2.69 bits per heavy atom. The summed E-state index contributed by atoms with van der Waals surface area (Å²) in [6.45, 7) is 1.17. The van der Waals surface area contributed by atoms with Crippen molar-refractivity contribution >= 4 is 50.6 Å². The van der Waals surface area contributed by atoms with Gasteiger partial charge in [0.05, 0.1) is 40.3 Å². The summed E-state index contributed by atoms with van der Waals surface area (Å²) >= 11 is 6.36. The largest absolute Gasteiger partial charge is 0.354 e. The molecule has 0 saturated carbocycles. The van der Waals surface area contributed by atoms with Crippen molar-refractivity contribution in [2.24, 2.45) is 7.05 Å². The minimum atomic E-state index is -1.59. The first-order chi connectivity index (χ1) is 13.8. The van der Waals surface area contributed by atoms with Crippen molar-refractivity contribution in [3.63, 3.8) is 0 Å². The Labute approximate surface area is 173 Å². The summed E-state index contributed by atoms with van der Waals surface area (Å²) in [6, 6.07) is 5.72. The predicted molar refractivity (Wildman–Crippen MR) is 114 cm³/mol. The minimum Gasteiger partial charge on any atom is -0.354 e. The molecule has 0 aliphatic carbocycles. The van der Waals surface area contributed by atoms with Crippen LogP contribution in [0.2, 0.25) is 5.02 Å². The molecule has 2 N–H and O–H groups in total. The number of nitrogens with one attached hydrogen (secondary N) is 2. The molecule has 0 amide bonds. The summed E-state index contributed by atoms with van der Waals surface area (Å²) in [5.41, 5.74) is 1.90. The van der Waals surface area contributed by atoms with Gasteiger partial charge in [-0.3, -0.25) is 9.18 Å². The van der Waals surface area contributed by atoms with Crippen molar-refractivity contribution in [3.8, 4) is 0 Å². The summed E-state index contributed by atoms with van der Waals surface area (Å²) in [5, 5.41) is 3.60. The molecule has 6 nitrogen and oxygen atoms in total. The van der Waals surface area contributed by atoms with Crippen molar-refractivity contribution < 1.29 is 13.0 Å². The fraction of sp³-hybridized carbons (Fsp3) is 0.263. The van der Waals surface area contributed by atoms with Crippen molar-refractivity contribution in [1.29, 1.82) is 0 Å². The SMILES string of the molecule is Cc1c(Nc2cc(F)cc(NS(=O)CCCF)c2Cl)ccc2ncn(C)c(=O)c12. The molecule has 0 aliphatic rings. The number of anilines is 3. The molecule has 1 atom stereocenters. The van der Waals surface area contributed by atoms with E-state index in [0.29, 0.717) is 22.2 Å². The maximum atomic E-state index is 14.1. The number of alkyl halides is 1. The molecular weight excluding hydrogens is 422 g/mol. The predicted octanol–water partition coefficient (Wildman–Crippen LogP) is 4.21. The number of benzene rings is 2. The van der Waals surface area contributed by atoms with Crippen LogP contribution < -0.4 is 15.6 Å². The summed E-state index contributed by atoms with van der Waals surface area (Å²) < 4.78 is 42.3. The highest BCUT2D eigenvalue weighted by Gasteiger charge is 2.15. The van der Waals surface area contributed by atoms with Crippen LogP contribution in [0.3, 0.4) is 0 Å². The monoisotopic (exact) mass is 440 g/mol. The standard InChI is InChI=1S/C19H19ClF2N4O2S/c1-11-13(4-5-14-17(11)19(27)26(2)10-23-14)24-15-8-12(22)9-16(18(15)20)25-29(28)7-3-6-21/h4-5,8-10,24-25H,3,6-7H2,1-2H3. The molecule has 154 valence electrons. The summed E-state index contributed by atoms with van der Waals surface area (Å²) in [6.07, 6.45) is 1.57. The number of halogens is 3. The second-order valence-corrected chi connectivity index (χ2v) is 8.11. The molecule has 1 aromatic heterocycles. The Kier molecular flexibility index (Phi) is 6.49. The number of aryl methyl sites for hydroxylation is 2. The van der Waals surface area contributed by atoms with Crippen molar-refractivity contribution in [2.75, 3.05) is 22.5 Å². The van der Waals surface area contributed by atoms with E-state index in [4.69, 9.17) is 11.6 Å². The van der Waals surface area contributed by atoms with E-state index in [1.54, 1.807) is 26.1 Å². The fourth-order valence-electron chi connectivity index (χ4n) is 2.85. The Balaban J connectivity index is 1.98. The third-order valence-corrected chi connectivity index (χ3v) is 5.86. The van der Waals surface area contributed by atoms with Crippen molar-refractivity contribution in [2.45, 2.75) is 13.3 Å². The van der Waals surface area contributed by atoms with E-state index in [1.807, 2.05) is 0 Å². The molecule has 0 saturated heterocycles. The zero-order chi connectivity index (χ0) is 21.1. The zero-order valence-corrected chi connectivity index (χ0v) is 17.3. The normalized spacial score (nSPS) is 12.2. The summed E-state index contributed by atoms with van der Waals surface area (Å²) in [7, 11) is 0.0157. The molecule has 0 radical (unpaired) electrons. The molecule has 29 heavy (non-hydrogen) atoms. The summed E-state index contributed by atoms with van der Waals surface area (Å²) in [5.74, 6) is -0.524. The molecule has 0 bridgehead atoms. The Morgan fingerprint density at radius 2 is 1.97 bits per heavy atom. The van der Waals surface area contributed by atoms with Gasteiger partial charge in [-0.25, -0.2) is 13.6 Å². The van der Waals surface area contributed by atoms with Gasteiger partial charge in [0.1, 0.15) is 16.8 Å². The number of rotatable bonds is 7. The van der Waals surface area contributed by atoms with E-state index in [-0.39, 0.29) is 34.1 Å². The Hall–Kier alpha value is -2.52. The molecule has 10 heteroatoms. The lowest BCUT2D eigenvalue weighted by Crippen LogP contribution is -2.18. The molecule has 0 spiro atoms. The first-order valence-corrected chi connectivity index (χ1v) is 10.4. The lowest BCUT2D eigenvalue weighted by atomic mass is 10.1. The molecular formula is C19H19ClF2N4O2S.